The van der Waals surface area contributed by atoms with E-state index >= 15 is 0 Å². The lowest BCUT2D eigenvalue weighted by molar-refractivity contribution is 0.976. The minimum Gasteiger partial charge on any atom is -0.314 e. The zero-order valence-corrected chi connectivity index (χ0v) is 8.60. The highest BCUT2D eigenvalue weighted by molar-refractivity contribution is 15.0. The van der Waals surface area contributed by atoms with Gasteiger partial charge in [0.1, 0.15) is 0 Å². The molecule has 0 heterocycles. The van der Waals surface area contributed by atoms with Crippen molar-refractivity contribution in [3.63, 3.8) is 0 Å². The molecule has 0 bridgehead atoms. The van der Waals surface area contributed by atoms with Crippen molar-refractivity contribution in [2.75, 3.05) is 0 Å². The summed E-state index contributed by atoms with van der Waals surface area (Å²) in [6, 6.07) is 0.176. The van der Waals surface area contributed by atoms with Crippen LogP contribution in [0.25, 0.3) is 4.85 Å². The highest BCUT2D eigenvalue weighted by Gasteiger charge is 1.83. The van der Waals surface area contributed by atoms with Crippen LogP contribution in [0.3, 0.4) is 0 Å². The quantitative estimate of drug-likeness (QED) is 0.477. The highest BCUT2D eigenvalue weighted by Crippen LogP contribution is 1.89. The molecule has 0 N–H and O–H groups in total. The lowest BCUT2D eigenvalue weighted by Gasteiger charge is -1.75. The van der Waals surface area contributed by atoms with Crippen LogP contribution in [0, 0.1) is 6.57 Å². The monoisotopic (exact) mass is 323 g/mol. The van der Waals surface area contributed by atoms with E-state index in [1.54, 1.807) is 0 Å². The van der Waals surface area contributed by atoms with Gasteiger partial charge < -0.3 is 4.85 Å². The van der Waals surface area contributed by atoms with Crippen molar-refractivity contribution in [1.82, 2.24) is 0 Å². The Labute approximate surface area is 68.0 Å². The van der Waals surface area contributed by atoms with Crippen molar-refractivity contribution < 1.29 is 0 Å². The molecule has 3 heteroatoms. The standard InChI is InChI=1S/C4H7N.I2/c1-4(2)5-3;1-2/h4H,1-2H3;. The summed E-state index contributed by atoms with van der Waals surface area (Å²) in [6.45, 7) is 10.0. The summed E-state index contributed by atoms with van der Waals surface area (Å²) < 4.78 is 0. The Bertz CT molecular complexity index is 55.2. The molecule has 0 saturated carbocycles. The average Bonchev–Trinajstić information content (AvgIpc) is 1.73. The molecular weight excluding hydrogens is 316 g/mol. The molecule has 0 spiro atoms. The summed E-state index contributed by atoms with van der Waals surface area (Å²) in [7, 11) is 0. The van der Waals surface area contributed by atoms with E-state index in [0.29, 0.717) is 0 Å². The predicted octanol–water partition coefficient (Wildman–Crippen LogP) is 3.09. The molecule has 0 aromatic heterocycles. The Hall–Kier alpha value is 0.950. The van der Waals surface area contributed by atoms with E-state index in [1.165, 1.54) is 0 Å². The van der Waals surface area contributed by atoms with Crippen molar-refractivity contribution >= 4 is 37.2 Å². The first-order chi connectivity index (χ1) is 3.27. The van der Waals surface area contributed by atoms with Crippen LogP contribution in [0.15, 0.2) is 0 Å². The minimum absolute atomic E-state index is 0.176. The van der Waals surface area contributed by atoms with Crippen LogP contribution < -0.4 is 0 Å². The molecule has 0 aliphatic carbocycles. The maximum atomic E-state index is 6.28. The van der Waals surface area contributed by atoms with Gasteiger partial charge in [-0.25, -0.2) is 6.57 Å². The molecule has 42 valence electrons. The largest absolute Gasteiger partial charge is 0.314 e. The van der Waals surface area contributed by atoms with Crippen LogP contribution in [0.2, 0.25) is 0 Å². The number of hydrogen-bond donors (Lipinski definition) is 0. The second kappa shape index (κ2) is 10.0. The van der Waals surface area contributed by atoms with Crippen molar-refractivity contribution in [3.05, 3.63) is 11.4 Å². The van der Waals surface area contributed by atoms with Gasteiger partial charge in [-0.15, -0.1) is 0 Å². The third kappa shape index (κ3) is 19.6. The zero-order chi connectivity index (χ0) is 6.28. The average molecular weight is 323 g/mol. The zero-order valence-electron chi connectivity index (χ0n) is 4.28. The van der Waals surface area contributed by atoms with Gasteiger partial charge in [-0.05, 0) is 0 Å². The normalized spacial score (nSPS) is 6.29. The fraction of sp³-hybridized carbons (Fsp3) is 0.750. The first kappa shape index (κ1) is 10.8. The number of halogens is 2. The SMILES string of the molecule is II.[C-]#[N+]C(C)C. The van der Waals surface area contributed by atoms with E-state index in [2.05, 4.69) is 42.1 Å². The predicted molar refractivity (Wildman–Crippen MR) is 49.8 cm³/mol. The molecule has 0 radical (unpaired) electrons. The molecule has 0 atom stereocenters. The van der Waals surface area contributed by atoms with Gasteiger partial charge in [0.05, 0.1) is 0 Å². The highest BCUT2D eigenvalue weighted by atomic mass is 128. The topological polar surface area (TPSA) is 4.36 Å². The molecule has 0 rings (SSSR count). The Balaban J connectivity index is 0. The fourth-order valence-corrected chi connectivity index (χ4v) is 0. The molecule has 0 amide bonds. The minimum atomic E-state index is 0.176. The van der Waals surface area contributed by atoms with Crippen molar-refractivity contribution in [2.45, 2.75) is 19.9 Å². The summed E-state index contributed by atoms with van der Waals surface area (Å²) in [5.41, 5.74) is 0. The van der Waals surface area contributed by atoms with E-state index in [4.69, 9.17) is 6.57 Å². The molecule has 0 aromatic rings. The number of hydrogen-bond acceptors (Lipinski definition) is 0. The van der Waals surface area contributed by atoms with Crippen LogP contribution in [-0.2, 0) is 0 Å². The lowest BCUT2D eigenvalue weighted by Crippen LogP contribution is -1.78. The molecule has 0 unspecified atom stereocenters. The Morgan fingerprint density at radius 3 is 1.57 bits per heavy atom. The molecule has 0 saturated heterocycles. The Morgan fingerprint density at radius 2 is 1.57 bits per heavy atom. The van der Waals surface area contributed by atoms with Crippen LogP contribution in [0.1, 0.15) is 13.8 Å². The van der Waals surface area contributed by atoms with Gasteiger partial charge in [-0.3, -0.25) is 0 Å². The first-order valence-electron chi connectivity index (χ1n) is 1.78. The molecule has 0 aliphatic heterocycles. The molecule has 7 heavy (non-hydrogen) atoms. The van der Waals surface area contributed by atoms with E-state index in [-0.39, 0.29) is 6.04 Å². The lowest BCUT2D eigenvalue weighted by atomic mass is 10.4. The van der Waals surface area contributed by atoms with E-state index < -0.39 is 0 Å². The molecule has 1 nitrogen and oxygen atoms in total. The van der Waals surface area contributed by atoms with Crippen LogP contribution in [0.5, 0.6) is 0 Å². The van der Waals surface area contributed by atoms with Crippen molar-refractivity contribution in [1.29, 1.82) is 0 Å². The van der Waals surface area contributed by atoms with Crippen LogP contribution >= 0.6 is 37.2 Å². The number of nitrogens with zero attached hydrogens (tertiary/aromatic N) is 1. The second-order valence-corrected chi connectivity index (χ2v) is 1.22. The van der Waals surface area contributed by atoms with Gasteiger partial charge in [0.15, 0.2) is 0 Å². The van der Waals surface area contributed by atoms with Gasteiger partial charge in [0, 0.05) is 51.1 Å². The van der Waals surface area contributed by atoms with Gasteiger partial charge in [-0.1, -0.05) is 0 Å². The van der Waals surface area contributed by atoms with E-state index in [0.717, 1.165) is 0 Å². The fourth-order valence-electron chi connectivity index (χ4n) is 0. The summed E-state index contributed by atoms with van der Waals surface area (Å²) in [5, 5.41) is 0. The summed E-state index contributed by atoms with van der Waals surface area (Å²) in [4.78, 5) is 3.14. The van der Waals surface area contributed by atoms with Gasteiger partial charge in [-0.2, -0.15) is 0 Å². The Morgan fingerprint density at radius 1 is 1.43 bits per heavy atom. The second-order valence-electron chi connectivity index (χ2n) is 1.22. The third-order valence-corrected chi connectivity index (χ3v) is 0.258. The Kier molecular flexibility index (Phi) is 15.6. The third-order valence-electron chi connectivity index (χ3n) is 0.258. The van der Waals surface area contributed by atoms with E-state index in [9.17, 15) is 0 Å². The van der Waals surface area contributed by atoms with Crippen LogP contribution in [-0.4, -0.2) is 6.04 Å². The maximum absolute atomic E-state index is 6.28. The van der Waals surface area contributed by atoms with Gasteiger partial charge in [0.25, 0.3) is 0 Å². The summed E-state index contributed by atoms with van der Waals surface area (Å²) >= 11 is 4.24. The summed E-state index contributed by atoms with van der Waals surface area (Å²) in [5.74, 6) is 0. The molecule has 0 aromatic carbocycles. The van der Waals surface area contributed by atoms with Crippen LogP contribution in [0.4, 0.5) is 0 Å². The van der Waals surface area contributed by atoms with Gasteiger partial charge >= 0.3 is 0 Å². The number of rotatable bonds is 0. The smallest absolute Gasteiger partial charge is 0.218 e. The van der Waals surface area contributed by atoms with E-state index in [1.807, 2.05) is 13.8 Å². The van der Waals surface area contributed by atoms with Crippen molar-refractivity contribution in [2.24, 2.45) is 0 Å². The molecule has 0 aliphatic rings. The molecular formula is C4H7I2N. The molecule has 0 fully saturated rings. The first-order valence-corrected chi connectivity index (χ1v) is 8.07. The summed E-state index contributed by atoms with van der Waals surface area (Å²) in [6.07, 6.45) is 0. The maximum Gasteiger partial charge on any atom is 0.218 e. The van der Waals surface area contributed by atoms with Gasteiger partial charge in [0.2, 0.25) is 6.04 Å². The van der Waals surface area contributed by atoms with Crippen molar-refractivity contribution in [3.8, 4) is 0 Å².